The van der Waals surface area contributed by atoms with Gasteiger partial charge < -0.3 is 14.6 Å². The van der Waals surface area contributed by atoms with Gasteiger partial charge in [0, 0.05) is 19.1 Å². The lowest BCUT2D eigenvalue weighted by atomic mass is 10.3. The zero-order valence-electron chi connectivity index (χ0n) is 9.04. The van der Waals surface area contributed by atoms with Crippen molar-refractivity contribution in [3.05, 3.63) is 30.1 Å². The summed E-state index contributed by atoms with van der Waals surface area (Å²) in [6.07, 6.45) is 2.29. The van der Waals surface area contributed by atoms with Crippen LogP contribution >= 0.6 is 0 Å². The van der Waals surface area contributed by atoms with Crippen LogP contribution in [-0.4, -0.2) is 33.5 Å². The molecule has 6 nitrogen and oxygen atoms in total. The highest BCUT2D eigenvalue weighted by Gasteiger charge is 2.14. The summed E-state index contributed by atoms with van der Waals surface area (Å²) >= 11 is 0. The van der Waals surface area contributed by atoms with Gasteiger partial charge in [0.05, 0.1) is 17.6 Å². The zero-order chi connectivity index (χ0) is 11.7. The number of ether oxygens (including phenoxy) is 2. The van der Waals surface area contributed by atoms with E-state index in [-0.39, 0.29) is 13.4 Å². The molecule has 1 aromatic heterocycles. The normalized spacial score (nSPS) is 13.0. The molecule has 0 unspecified atom stereocenters. The average molecular weight is 233 g/mol. The molecule has 0 fully saturated rings. The molecule has 1 aliphatic heterocycles. The maximum atomic E-state index is 8.81. The predicted octanol–water partition coefficient (Wildman–Crippen LogP) is 0.531. The van der Waals surface area contributed by atoms with E-state index >= 15 is 0 Å². The molecule has 1 aromatic carbocycles. The number of hydrogen-bond donors (Lipinski definition) is 1. The maximum Gasteiger partial charge on any atom is 0.231 e. The van der Waals surface area contributed by atoms with Crippen LogP contribution in [0.1, 0.15) is 5.69 Å². The SMILES string of the molecule is OCCc1cn(-c2ccc3c(c2)OCO3)nn1. The summed E-state index contributed by atoms with van der Waals surface area (Å²) in [7, 11) is 0. The Labute approximate surface area is 97.4 Å². The van der Waals surface area contributed by atoms with Crippen LogP contribution in [0.4, 0.5) is 0 Å². The molecule has 0 spiro atoms. The van der Waals surface area contributed by atoms with Gasteiger partial charge in [-0.15, -0.1) is 5.10 Å². The fourth-order valence-corrected chi connectivity index (χ4v) is 1.68. The Balaban J connectivity index is 1.92. The molecular formula is C11H11N3O3. The van der Waals surface area contributed by atoms with E-state index in [9.17, 15) is 0 Å². The van der Waals surface area contributed by atoms with Crippen molar-refractivity contribution in [3.63, 3.8) is 0 Å². The van der Waals surface area contributed by atoms with Crippen molar-refractivity contribution >= 4 is 0 Å². The zero-order valence-corrected chi connectivity index (χ0v) is 9.04. The largest absolute Gasteiger partial charge is 0.454 e. The number of aliphatic hydroxyl groups excluding tert-OH is 1. The highest BCUT2D eigenvalue weighted by molar-refractivity contribution is 5.49. The molecule has 0 bridgehead atoms. The third-order valence-corrected chi connectivity index (χ3v) is 2.53. The van der Waals surface area contributed by atoms with Gasteiger partial charge in [-0.25, -0.2) is 4.68 Å². The van der Waals surface area contributed by atoms with Gasteiger partial charge in [-0.2, -0.15) is 0 Å². The standard InChI is InChI=1S/C11H11N3O3/c15-4-3-8-6-14(13-12-8)9-1-2-10-11(5-9)17-7-16-10/h1-2,5-6,15H,3-4,7H2. The topological polar surface area (TPSA) is 69.4 Å². The molecule has 0 aliphatic carbocycles. The number of benzene rings is 1. The summed E-state index contributed by atoms with van der Waals surface area (Å²) in [6.45, 7) is 0.325. The van der Waals surface area contributed by atoms with Gasteiger partial charge in [-0.05, 0) is 12.1 Å². The number of hydrogen-bond acceptors (Lipinski definition) is 5. The summed E-state index contributed by atoms with van der Waals surface area (Å²) in [6, 6.07) is 5.57. The average Bonchev–Trinajstić information content (AvgIpc) is 2.96. The third kappa shape index (κ3) is 1.83. The molecular weight excluding hydrogens is 222 g/mol. The van der Waals surface area contributed by atoms with E-state index in [1.165, 1.54) is 0 Å². The quantitative estimate of drug-likeness (QED) is 0.837. The maximum absolute atomic E-state index is 8.81. The van der Waals surface area contributed by atoms with Crippen molar-refractivity contribution in [2.75, 3.05) is 13.4 Å². The minimum Gasteiger partial charge on any atom is -0.454 e. The number of aromatic nitrogens is 3. The Morgan fingerprint density at radius 2 is 2.18 bits per heavy atom. The van der Waals surface area contributed by atoms with Crippen LogP contribution < -0.4 is 9.47 Å². The monoisotopic (exact) mass is 233 g/mol. The van der Waals surface area contributed by atoms with Crippen molar-refractivity contribution in [3.8, 4) is 17.2 Å². The molecule has 6 heteroatoms. The highest BCUT2D eigenvalue weighted by atomic mass is 16.7. The van der Waals surface area contributed by atoms with Crippen LogP contribution in [-0.2, 0) is 6.42 Å². The van der Waals surface area contributed by atoms with E-state index in [0.717, 1.165) is 17.1 Å². The molecule has 88 valence electrons. The molecule has 2 heterocycles. The summed E-state index contributed by atoms with van der Waals surface area (Å²) in [4.78, 5) is 0. The van der Waals surface area contributed by atoms with Crippen molar-refractivity contribution in [1.82, 2.24) is 15.0 Å². The van der Waals surface area contributed by atoms with E-state index in [4.69, 9.17) is 14.6 Å². The Bertz CT molecular complexity index is 539. The van der Waals surface area contributed by atoms with Gasteiger partial charge in [-0.3, -0.25) is 0 Å². The second kappa shape index (κ2) is 4.06. The molecule has 0 amide bonds. The lowest BCUT2D eigenvalue weighted by Gasteiger charge is -2.01. The number of rotatable bonds is 3. The van der Waals surface area contributed by atoms with Crippen molar-refractivity contribution < 1.29 is 14.6 Å². The van der Waals surface area contributed by atoms with E-state index in [1.54, 1.807) is 10.9 Å². The molecule has 3 rings (SSSR count). The Hall–Kier alpha value is -2.08. The third-order valence-electron chi connectivity index (χ3n) is 2.53. The molecule has 0 saturated carbocycles. The number of nitrogens with zero attached hydrogens (tertiary/aromatic N) is 3. The molecule has 2 aromatic rings. The lowest BCUT2D eigenvalue weighted by molar-refractivity contribution is 0.174. The first-order chi connectivity index (χ1) is 8.36. The van der Waals surface area contributed by atoms with Crippen LogP contribution in [0.15, 0.2) is 24.4 Å². The molecule has 1 N–H and O–H groups in total. The van der Waals surface area contributed by atoms with E-state index in [2.05, 4.69) is 10.3 Å². The highest BCUT2D eigenvalue weighted by Crippen LogP contribution is 2.33. The van der Waals surface area contributed by atoms with Gasteiger partial charge in [-0.1, -0.05) is 5.21 Å². The minimum atomic E-state index is 0.0693. The Morgan fingerprint density at radius 3 is 3.06 bits per heavy atom. The number of fused-ring (bicyclic) bond motifs is 1. The van der Waals surface area contributed by atoms with Gasteiger partial charge in [0.1, 0.15) is 0 Å². The summed E-state index contributed by atoms with van der Waals surface area (Å²) in [5, 5.41) is 16.8. The Morgan fingerprint density at radius 1 is 1.29 bits per heavy atom. The molecule has 0 saturated heterocycles. The van der Waals surface area contributed by atoms with E-state index in [1.807, 2.05) is 18.2 Å². The summed E-state index contributed by atoms with van der Waals surface area (Å²) in [5.74, 6) is 1.45. The second-order valence-electron chi connectivity index (χ2n) is 3.67. The van der Waals surface area contributed by atoms with Crippen molar-refractivity contribution in [2.24, 2.45) is 0 Å². The summed E-state index contributed by atoms with van der Waals surface area (Å²) in [5.41, 5.74) is 1.61. The van der Waals surface area contributed by atoms with Crippen molar-refractivity contribution in [1.29, 1.82) is 0 Å². The Kier molecular flexibility index (Phi) is 2.41. The van der Waals surface area contributed by atoms with Gasteiger partial charge in [0.15, 0.2) is 11.5 Å². The van der Waals surface area contributed by atoms with E-state index in [0.29, 0.717) is 12.2 Å². The predicted molar refractivity (Wildman–Crippen MR) is 58.3 cm³/mol. The molecule has 0 radical (unpaired) electrons. The van der Waals surface area contributed by atoms with Gasteiger partial charge >= 0.3 is 0 Å². The van der Waals surface area contributed by atoms with Crippen LogP contribution in [0.25, 0.3) is 5.69 Å². The first kappa shape index (κ1) is 10.1. The smallest absolute Gasteiger partial charge is 0.231 e. The number of aliphatic hydroxyl groups is 1. The van der Waals surface area contributed by atoms with Crippen LogP contribution in [0.3, 0.4) is 0 Å². The lowest BCUT2D eigenvalue weighted by Crippen LogP contribution is -1.95. The fraction of sp³-hybridized carbons (Fsp3) is 0.273. The minimum absolute atomic E-state index is 0.0693. The molecule has 1 aliphatic rings. The molecule has 0 atom stereocenters. The van der Waals surface area contributed by atoms with Crippen molar-refractivity contribution in [2.45, 2.75) is 6.42 Å². The first-order valence-electron chi connectivity index (χ1n) is 5.29. The summed E-state index contributed by atoms with van der Waals surface area (Å²) < 4.78 is 12.2. The fourth-order valence-electron chi connectivity index (χ4n) is 1.68. The van der Waals surface area contributed by atoms with Crippen LogP contribution in [0.2, 0.25) is 0 Å². The molecule has 17 heavy (non-hydrogen) atoms. The van der Waals surface area contributed by atoms with Gasteiger partial charge in [0.2, 0.25) is 6.79 Å². The van der Waals surface area contributed by atoms with Crippen LogP contribution in [0.5, 0.6) is 11.5 Å². The van der Waals surface area contributed by atoms with Crippen LogP contribution in [0, 0.1) is 0 Å². The first-order valence-corrected chi connectivity index (χ1v) is 5.29. The van der Waals surface area contributed by atoms with E-state index < -0.39 is 0 Å². The van der Waals surface area contributed by atoms with Gasteiger partial charge in [0.25, 0.3) is 0 Å². The second-order valence-corrected chi connectivity index (χ2v) is 3.67.